The van der Waals surface area contributed by atoms with Crippen LogP contribution in [0.2, 0.25) is 0 Å². The van der Waals surface area contributed by atoms with Gasteiger partial charge in [-0.25, -0.2) is 4.79 Å². The van der Waals surface area contributed by atoms with Crippen LogP contribution in [0.4, 0.5) is 0 Å². The van der Waals surface area contributed by atoms with Crippen molar-refractivity contribution in [3.8, 4) is 11.8 Å². The Morgan fingerprint density at radius 2 is 2.06 bits per heavy atom. The smallest absolute Gasteiger partial charge is 0.335 e. The van der Waals surface area contributed by atoms with Gasteiger partial charge in [0.1, 0.15) is 0 Å². The fourth-order valence-electron chi connectivity index (χ4n) is 1.46. The van der Waals surface area contributed by atoms with Crippen LogP contribution in [0.5, 0.6) is 0 Å². The van der Waals surface area contributed by atoms with Crippen molar-refractivity contribution in [3.63, 3.8) is 0 Å². The molecule has 1 aliphatic rings. The van der Waals surface area contributed by atoms with E-state index in [1.54, 1.807) is 30.6 Å². The van der Waals surface area contributed by atoms with Gasteiger partial charge in [0.25, 0.3) is 0 Å². The van der Waals surface area contributed by atoms with Gasteiger partial charge < -0.3 is 5.11 Å². The van der Waals surface area contributed by atoms with Gasteiger partial charge in [-0.2, -0.15) is 0 Å². The largest absolute Gasteiger partial charge is 0.478 e. The van der Waals surface area contributed by atoms with E-state index in [9.17, 15) is 4.79 Å². The lowest BCUT2D eigenvalue weighted by molar-refractivity contribution is -0.132. The fraction of sp³-hybridized carbons (Fsp3) is 0.0667. The third-order valence-corrected chi connectivity index (χ3v) is 2.41. The Bertz CT molecular complexity index is 598. The fourth-order valence-corrected chi connectivity index (χ4v) is 1.46. The number of nitrogens with zero attached hydrogens (tertiary/aromatic N) is 1. The number of rotatable bonds is 1. The van der Waals surface area contributed by atoms with Crippen molar-refractivity contribution in [2.45, 2.75) is 6.42 Å². The lowest BCUT2D eigenvalue weighted by atomic mass is 10.1. The molecule has 3 heteroatoms. The first-order chi connectivity index (χ1) is 8.75. The maximum atomic E-state index is 10.8. The highest BCUT2D eigenvalue weighted by Crippen LogP contribution is 2.11. The van der Waals surface area contributed by atoms with Crippen molar-refractivity contribution in [3.05, 3.63) is 65.5 Å². The highest BCUT2D eigenvalue weighted by atomic mass is 16.4. The molecule has 0 fully saturated rings. The minimum Gasteiger partial charge on any atom is -0.478 e. The summed E-state index contributed by atoms with van der Waals surface area (Å²) < 4.78 is 0. The van der Waals surface area contributed by atoms with E-state index in [-0.39, 0.29) is 0 Å². The normalized spacial score (nSPS) is 13.8. The number of aromatic nitrogens is 1. The number of allylic oxidation sites excluding steroid dienone is 4. The number of carboxylic acid groups (broad SMARTS) is 1. The Labute approximate surface area is 105 Å². The molecule has 3 nitrogen and oxygen atoms in total. The Kier molecular flexibility index (Phi) is 3.72. The second-order valence-electron chi connectivity index (χ2n) is 3.71. The maximum Gasteiger partial charge on any atom is 0.335 e. The molecule has 1 aliphatic carbocycles. The average molecular weight is 237 g/mol. The maximum absolute atomic E-state index is 10.8. The zero-order valence-corrected chi connectivity index (χ0v) is 9.63. The van der Waals surface area contributed by atoms with E-state index in [1.807, 2.05) is 18.2 Å². The Morgan fingerprint density at radius 1 is 1.28 bits per heavy atom. The molecular weight excluding hydrogens is 226 g/mol. The van der Waals surface area contributed by atoms with Gasteiger partial charge in [0.2, 0.25) is 0 Å². The van der Waals surface area contributed by atoms with E-state index < -0.39 is 5.97 Å². The highest BCUT2D eigenvalue weighted by Gasteiger charge is 2.04. The van der Waals surface area contributed by atoms with Gasteiger partial charge in [0.15, 0.2) is 0 Å². The molecule has 0 saturated heterocycles. The minimum atomic E-state index is -0.914. The quantitative estimate of drug-likeness (QED) is 0.763. The molecule has 1 aromatic rings. The van der Waals surface area contributed by atoms with Gasteiger partial charge >= 0.3 is 5.97 Å². The molecule has 1 N–H and O–H groups in total. The van der Waals surface area contributed by atoms with Crippen LogP contribution in [0.15, 0.2) is 60.0 Å². The standard InChI is InChI=1S/C15H11NO2/c17-15(18)14-3-1-2-12(6-7-14)4-5-13-8-10-16-11-9-13/h1-3,7-11H,6H2,(H,17,18). The monoisotopic (exact) mass is 237 g/mol. The van der Waals surface area contributed by atoms with Crippen molar-refractivity contribution in [1.82, 2.24) is 4.98 Å². The van der Waals surface area contributed by atoms with Crippen molar-refractivity contribution in [2.75, 3.05) is 0 Å². The zero-order valence-electron chi connectivity index (χ0n) is 9.63. The molecule has 0 aromatic carbocycles. The highest BCUT2D eigenvalue weighted by molar-refractivity contribution is 5.90. The number of carbonyl (C=O) groups is 1. The Balaban J connectivity index is 2.14. The van der Waals surface area contributed by atoms with Gasteiger partial charge in [0.05, 0.1) is 5.57 Å². The van der Waals surface area contributed by atoms with E-state index in [4.69, 9.17) is 5.11 Å². The lowest BCUT2D eigenvalue weighted by Gasteiger charge is -1.93. The first-order valence-electron chi connectivity index (χ1n) is 5.48. The van der Waals surface area contributed by atoms with Crippen LogP contribution in [0, 0.1) is 11.8 Å². The summed E-state index contributed by atoms with van der Waals surface area (Å²) in [5.41, 5.74) is 2.08. The average Bonchev–Trinajstić information content (AvgIpc) is 2.63. The summed E-state index contributed by atoms with van der Waals surface area (Å²) in [5, 5.41) is 8.87. The summed E-state index contributed by atoms with van der Waals surface area (Å²) in [6.45, 7) is 0. The molecule has 0 amide bonds. The van der Waals surface area contributed by atoms with Gasteiger partial charge in [-0.15, -0.1) is 0 Å². The van der Waals surface area contributed by atoms with Crippen molar-refractivity contribution >= 4 is 5.97 Å². The summed E-state index contributed by atoms with van der Waals surface area (Å²) in [4.78, 5) is 14.7. The van der Waals surface area contributed by atoms with E-state index in [0.29, 0.717) is 12.0 Å². The van der Waals surface area contributed by atoms with E-state index in [0.717, 1.165) is 11.1 Å². The first kappa shape index (κ1) is 11.9. The topological polar surface area (TPSA) is 50.2 Å². The molecule has 0 unspecified atom stereocenters. The van der Waals surface area contributed by atoms with E-state index >= 15 is 0 Å². The molecule has 2 rings (SSSR count). The molecule has 0 radical (unpaired) electrons. The number of hydrogen-bond donors (Lipinski definition) is 1. The van der Waals surface area contributed by atoms with Gasteiger partial charge in [-0.05, 0) is 24.6 Å². The zero-order chi connectivity index (χ0) is 12.8. The molecule has 0 aliphatic heterocycles. The molecule has 1 aromatic heterocycles. The van der Waals surface area contributed by atoms with Crippen molar-refractivity contribution in [1.29, 1.82) is 0 Å². The summed E-state index contributed by atoms with van der Waals surface area (Å²) in [5.74, 6) is 5.14. The minimum absolute atomic E-state index is 0.298. The van der Waals surface area contributed by atoms with E-state index in [2.05, 4.69) is 16.8 Å². The summed E-state index contributed by atoms with van der Waals surface area (Å²) in [6.07, 6.45) is 10.7. The second-order valence-corrected chi connectivity index (χ2v) is 3.71. The molecule has 0 atom stereocenters. The molecular formula is C15H11NO2. The Morgan fingerprint density at radius 3 is 2.78 bits per heavy atom. The number of pyridine rings is 1. The third-order valence-electron chi connectivity index (χ3n) is 2.41. The number of carboxylic acids is 1. The van der Waals surface area contributed by atoms with Crippen LogP contribution >= 0.6 is 0 Å². The van der Waals surface area contributed by atoms with Crippen LogP contribution in [0.1, 0.15) is 12.0 Å². The summed E-state index contributed by atoms with van der Waals surface area (Å²) in [7, 11) is 0. The molecule has 0 bridgehead atoms. The van der Waals surface area contributed by atoms with Crippen LogP contribution < -0.4 is 0 Å². The van der Waals surface area contributed by atoms with E-state index in [1.165, 1.54) is 0 Å². The van der Waals surface area contributed by atoms with Gasteiger partial charge in [-0.3, -0.25) is 4.98 Å². The number of hydrogen-bond acceptors (Lipinski definition) is 2. The molecule has 88 valence electrons. The predicted octanol–water partition coefficient (Wildman–Crippen LogP) is 2.33. The summed E-state index contributed by atoms with van der Waals surface area (Å²) in [6, 6.07) is 3.66. The molecule has 1 heterocycles. The Hall–Kier alpha value is -2.60. The molecule has 0 saturated carbocycles. The third kappa shape index (κ3) is 3.19. The summed E-state index contributed by atoms with van der Waals surface area (Å²) >= 11 is 0. The van der Waals surface area contributed by atoms with Crippen molar-refractivity contribution in [2.24, 2.45) is 0 Å². The number of aliphatic carboxylic acids is 1. The van der Waals surface area contributed by atoms with Crippen LogP contribution in [-0.4, -0.2) is 16.1 Å². The first-order valence-corrected chi connectivity index (χ1v) is 5.48. The van der Waals surface area contributed by atoms with Crippen molar-refractivity contribution < 1.29 is 9.90 Å². The van der Waals surface area contributed by atoms with Gasteiger partial charge in [-0.1, -0.05) is 30.1 Å². The SMILES string of the molecule is O=C(O)C1=CCC(C#Cc2ccncc2)=CC=C1. The van der Waals surface area contributed by atoms with Gasteiger partial charge in [0, 0.05) is 23.5 Å². The molecule has 0 spiro atoms. The second kappa shape index (κ2) is 5.65. The van der Waals surface area contributed by atoms with Crippen LogP contribution in [0.25, 0.3) is 0 Å². The van der Waals surface area contributed by atoms with Crippen LogP contribution in [0.3, 0.4) is 0 Å². The molecule has 18 heavy (non-hydrogen) atoms. The van der Waals surface area contributed by atoms with Crippen LogP contribution in [-0.2, 0) is 4.79 Å². The predicted molar refractivity (Wildman–Crippen MR) is 68.7 cm³/mol. The lowest BCUT2D eigenvalue weighted by Crippen LogP contribution is -1.96.